The number of carboxylic acids is 1. The highest BCUT2D eigenvalue weighted by Gasteiger charge is 2.74. The van der Waals surface area contributed by atoms with Gasteiger partial charge in [-0.2, -0.15) is 0 Å². The number of ether oxygens (including phenoxy) is 3. The normalized spacial score (nSPS) is 24.8. The van der Waals surface area contributed by atoms with Crippen LogP contribution in [0.3, 0.4) is 0 Å². The van der Waals surface area contributed by atoms with Gasteiger partial charge >= 0.3 is 11.9 Å². The largest absolute Gasteiger partial charge is 0.497 e. The zero-order valence-corrected chi connectivity index (χ0v) is 28.2. The molecule has 262 valence electrons. The maximum Gasteiger partial charge on any atom is 0.325 e. The van der Waals surface area contributed by atoms with Crippen molar-refractivity contribution in [2.24, 2.45) is 5.92 Å². The number of carbonyl (C=O) groups excluding carboxylic acids is 2. The molecule has 8 rings (SSSR count). The summed E-state index contributed by atoms with van der Waals surface area (Å²) in [6, 6.07) is 36.1. The van der Waals surface area contributed by atoms with Crippen molar-refractivity contribution in [3.05, 3.63) is 150 Å². The SMILES string of the molecule is COc1ccc(-c2ccc3c(c2)[C@]2(C(=O)N3)[C@H](c3ccc(OCCO)cc3)N3[C@H](c4ccccc4)[C@H](c4ccccc4)OC(=O)[C@H]3[C@@H]2C(=O)O)cc1. The molecule has 0 saturated carbocycles. The molecule has 0 radical (unpaired) electrons. The maximum atomic E-state index is 14.9. The molecule has 3 aliphatic heterocycles. The van der Waals surface area contributed by atoms with Gasteiger partial charge in [0.2, 0.25) is 5.91 Å². The van der Waals surface area contributed by atoms with Gasteiger partial charge in [-0.1, -0.05) is 91.0 Å². The summed E-state index contributed by atoms with van der Waals surface area (Å²) in [5.41, 5.74) is 2.94. The molecule has 5 aromatic carbocycles. The molecule has 10 nitrogen and oxygen atoms in total. The van der Waals surface area contributed by atoms with E-state index in [0.29, 0.717) is 28.3 Å². The average molecular weight is 697 g/mol. The molecule has 5 aromatic rings. The van der Waals surface area contributed by atoms with E-state index in [9.17, 15) is 24.6 Å². The number of aliphatic hydroxyl groups is 1. The van der Waals surface area contributed by atoms with Gasteiger partial charge in [0.1, 0.15) is 41.6 Å². The first-order valence-electron chi connectivity index (χ1n) is 17.1. The van der Waals surface area contributed by atoms with Crippen LogP contribution < -0.4 is 14.8 Å². The Morgan fingerprint density at radius 3 is 2.06 bits per heavy atom. The number of fused-ring (bicyclic) bond motifs is 3. The summed E-state index contributed by atoms with van der Waals surface area (Å²) < 4.78 is 17.3. The molecule has 0 aliphatic carbocycles. The van der Waals surface area contributed by atoms with Gasteiger partial charge in [-0.3, -0.25) is 19.3 Å². The number of benzene rings is 5. The van der Waals surface area contributed by atoms with Gasteiger partial charge in [0.25, 0.3) is 0 Å². The third-order valence-corrected chi connectivity index (χ3v) is 10.6. The Kier molecular flexibility index (Phi) is 8.49. The summed E-state index contributed by atoms with van der Waals surface area (Å²) in [5.74, 6) is -2.88. The summed E-state index contributed by atoms with van der Waals surface area (Å²) >= 11 is 0. The van der Waals surface area contributed by atoms with Crippen LogP contribution in [0.4, 0.5) is 5.69 Å². The average Bonchev–Trinajstić information content (AvgIpc) is 3.66. The molecular weight excluding hydrogens is 660 g/mol. The molecule has 2 saturated heterocycles. The van der Waals surface area contributed by atoms with Crippen molar-refractivity contribution in [3.8, 4) is 22.6 Å². The number of nitrogens with zero attached hydrogens (tertiary/aromatic N) is 1. The highest BCUT2D eigenvalue weighted by atomic mass is 16.6. The summed E-state index contributed by atoms with van der Waals surface area (Å²) in [4.78, 5) is 45.1. The van der Waals surface area contributed by atoms with Crippen LogP contribution in [0.5, 0.6) is 11.5 Å². The van der Waals surface area contributed by atoms with E-state index in [1.165, 1.54) is 0 Å². The van der Waals surface area contributed by atoms with Gasteiger partial charge in [0.05, 0.1) is 25.8 Å². The van der Waals surface area contributed by atoms with E-state index in [1.54, 1.807) is 37.4 Å². The predicted molar refractivity (Wildman–Crippen MR) is 192 cm³/mol. The standard InChI is InChI=1S/C42H36N2O8/c1-50-30-17-12-25(13-18-30)29-16-21-33-32(24-29)42(41(49)43-33)34(39(46)47)36-40(48)52-37(27-10-6-3-7-11-27)35(26-8-4-2-5-9-26)44(36)38(42)28-14-19-31(20-15-28)51-23-22-45/h2-21,24,34-38,45H,22-23H2,1H3,(H,43,49)(H,46,47)/t34-,35-,36-,37+,38+,42-/m1/s1. The maximum absolute atomic E-state index is 14.9. The lowest BCUT2D eigenvalue weighted by Gasteiger charge is -2.46. The molecule has 1 amide bonds. The Labute approximate surface area is 300 Å². The van der Waals surface area contributed by atoms with Crippen LogP contribution in [-0.4, -0.2) is 59.3 Å². The molecule has 0 aromatic heterocycles. The van der Waals surface area contributed by atoms with Gasteiger partial charge in [0, 0.05) is 5.69 Å². The van der Waals surface area contributed by atoms with Crippen molar-refractivity contribution in [2.45, 2.75) is 29.6 Å². The zero-order valence-electron chi connectivity index (χ0n) is 28.2. The molecule has 6 atom stereocenters. The summed E-state index contributed by atoms with van der Waals surface area (Å²) in [7, 11) is 1.59. The van der Waals surface area contributed by atoms with E-state index in [2.05, 4.69) is 5.32 Å². The zero-order chi connectivity index (χ0) is 36.0. The molecule has 10 heteroatoms. The molecule has 1 spiro atoms. The Hall–Kier alpha value is -5.97. The van der Waals surface area contributed by atoms with Gasteiger partial charge in [-0.15, -0.1) is 0 Å². The monoisotopic (exact) mass is 696 g/mol. The first kappa shape index (κ1) is 33.2. The lowest BCUT2D eigenvalue weighted by molar-refractivity contribution is -0.179. The number of hydrogen-bond donors (Lipinski definition) is 3. The number of aliphatic carboxylic acids is 1. The van der Waals surface area contributed by atoms with Crippen molar-refractivity contribution in [2.75, 3.05) is 25.6 Å². The van der Waals surface area contributed by atoms with Crippen LogP contribution in [0, 0.1) is 5.92 Å². The summed E-state index contributed by atoms with van der Waals surface area (Å²) in [6.07, 6.45) is -0.818. The molecule has 0 bridgehead atoms. The topological polar surface area (TPSA) is 135 Å². The minimum absolute atomic E-state index is 0.0899. The first-order valence-corrected chi connectivity index (χ1v) is 17.1. The number of cyclic esters (lactones) is 1. The molecule has 52 heavy (non-hydrogen) atoms. The fraction of sp³-hybridized carbons (Fsp3) is 0.214. The van der Waals surface area contributed by atoms with Gasteiger partial charge in [0.15, 0.2) is 0 Å². The second-order valence-electron chi connectivity index (χ2n) is 13.2. The van der Waals surface area contributed by atoms with Gasteiger partial charge in [-0.25, -0.2) is 0 Å². The van der Waals surface area contributed by atoms with Crippen LogP contribution in [0.2, 0.25) is 0 Å². The van der Waals surface area contributed by atoms with Crippen LogP contribution in [0.15, 0.2) is 127 Å². The number of hydrogen-bond acceptors (Lipinski definition) is 8. The number of carbonyl (C=O) groups is 3. The number of rotatable bonds is 9. The van der Waals surface area contributed by atoms with E-state index in [0.717, 1.165) is 22.3 Å². The molecular formula is C42H36N2O8. The highest BCUT2D eigenvalue weighted by Crippen LogP contribution is 2.65. The van der Waals surface area contributed by atoms with E-state index >= 15 is 0 Å². The number of anilines is 1. The Balaban J connectivity index is 1.40. The third kappa shape index (κ3) is 5.22. The van der Waals surface area contributed by atoms with Crippen molar-refractivity contribution in [1.29, 1.82) is 0 Å². The number of methoxy groups -OCH3 is 1. The second-order valence-corrected chi connectivity index (χ2v) is 13.2. The number of carboxylic acid groups (broad SMARTS) is 1. The lowest BCUT2D eigenvalue weighted by Crippen LogP contribution is -2.52. The number of nitrogens with one attached hydrogen (secondary N) is 1. The minimum atomic E-state index is -1.78. The Morgan fingerprint density at radius 1 is 0.788 bits per heavy atom. The van der Waals surface area contributed by atoms with E-state index < -0.39 is 53.4 Å². The third-order valence-electron chi connectivity index (χ3n) is 10.6. The Morgan fingerprint density at radius 2 is 1.42 bits per heavy atom. The molecule has 3 heterocycles. The molecule has 3 N–H and O–H groups in total. The number of esters is 1. The van der Waals surface area contributed by atoms with Crippen LogP contribution >= 0.6 is 0 Å². The summed E-state index contributed by atoms with van der Waals surface area (Å²) in [6.45, 7) is -0.0783. The van der Waals surface area contributed by atoms with E-state index in [-0.39, 0.29) is 13.2 Å². The van der Waals surface area contributed by atoms with Gasteiger partial charge in [-0.05, 0) is 69.8 Å². The number of aliphatic hydroxyl groups excluding tert-OH is 1. The molecule has 0 unspecified atom stereocenters. The van der Waals surface area contributed by atoms with Crippen molar-refractivity contribution < 1.29 is 38.8 Å². The van der Waals surface area contributed by atoms with Crippen LogP contribution in [-0.2, 0) is 24.5 Å². The number of amides is 1. The van der Waals surface area contributed by atoms with Crippen LogP contribution in [0.1, 0.15) is 40.4 Å². The smallest absolute Gasteiger partial charge is 0.325 e. The van der Waals surface area contributed by atoms with Gasteiger partial charge < -0.3 is 29.7 Å². The fourth-order valence-electron chi connectivity index (χ4n) is 8.45. The van der Waals surface area contributed by atoms with Crippen molar-refractivity contribution >= 4 is 23.5 Å². The molecule has 2 fully saturated rings. The van der Waals surface area contributed by atoms with Crippen molar-refractivity contribution in [1.82, 2.24) is 4.90 Å². The van der Waals surface area contributed by atoms with E-state index in [1.807, 2.05) is 102 Å². The Bertz CT molecular complexity index is 2120. The fourth-order valence-corrected chi connectivity index (χ4v) is 8.45. The first-order chi connectivity index (χ1) is 25.4. The second kappa shape index (κ2) is 13.3. The molecule has 3 aliphatic rings. The van der Waals surface area contributed by atoms with Crippen LogP contribution in [0.25, 0.3) is 11.1 Å². The van der Waals surface area contributed by atoms with Crippen molar-refractivity contribution in [3.63, 3.8) is 0 Å². The highest BCUT2D eigenvalue weighted by molar-refractivity contribution is 6.11. The van der Waals surface area contributed by atoms with E-state index in [4.69, 9.17) is 14.2 Å². The minimum Gasteiger partial charge on any atom is -0.497 e. The summed E-state index contributed by atoms with van der Waals surface area (Å²) in [5, 5.41) is 23.6. The predicted octanol–water partition coefficient (Wildman–Crippen LogP) is 6.09. The number of morpholine rings is 1. The quantitative estimate of drug-likeness (QED) is 0.157. The lowest BCUT2D eigenvalue weighted by atomic mass is 9.65.